The van der Waals surface area contributed by atoms with Crippen molar-refractivity contribution in [1.29, 1.82) is 10.5 Å². The molecule has 7 heteroatoms. The van der Waals surface area contributed by atoms with Crippen LogP contribution in [-0.4, -0.2) is 22.5 Å². The molecule has 1 saturated carbocycles. The van der Waals surface area contributed by atoms with Crippen LogP contribution in [0.1, 0.15) is 25.6 Å². The quantitative estimate of drug-likeness (QED) is 0.771. The van der Waals surface area contributed by atoms with Gasteiger partial charge in [-0.05, 0) is 25.7 Å². The summed E-state index contributed by atoms with van der Waals surface area (Å²) in [5, 5.41) is 18.9. The summed E-state index contributed by atoms with van der Waals surface area (Å²) in [4.78, 5) is 20.7. The predicted molar refractivity (Wildman–Crippen MR) is 72.8 cm³/mol. The largest absolute Gasteiger partial charge is 0.465 e. The first-order valence-electron chi connectivity index (χ1n) is 6.55. The fourth-order valence-corrected chi connectivity index (χ4v) is 2.57. The Balaban J connectivity index is 2.61. The lowest BCUT2D eigenvalue weighted by Crippen LogP contribution is -2.47. The summed E-state index contributed by atoms with van der Waals surface area (Å²) in [5.74, 6) is -1.86. The summed E-state index contributed by atoms with van der Waals surface area (Å²) in [6.45, 7) is 1.83. The number of carbonyl (C=O) groups is 1. The molecule has 1 unspecified atom stereocenters. The lowest BCUT2D eigenvalue weighted by molar-refractivity contribution is -0.152. The van der Waals surface area contributed by atoms with E-state index in [1.165, 1.54) is 12.4 Å². The molecule has 1 aromatic rings. The molecule has 0 bridgehead atoms. The molecule has 2 rings (SSSR count). The Kier molecular flexibility index (Phi) is 4.40. The first kappa shape index (κ1) is 15.2. The van der Waals surface area contributed by atoms with E-state index in [0.717, 1.165) is 12.8 Å². The minimum atomic E-state index is -1.44. The van der Waals surface area contributed by atoms with Gasteiger partial charge in [-0.3, -0.25) is 4.79 Å². The Morgan fingerprint density at radius 3 is 2.48 bits per heavy atom. The van der Waals surface area contributed by atoms with Crippen LogP contribution in [0.4, 0.5) is 0 Å². The second kappa shape index (κ2) is 6.07. The maximum Gasteiger partial charge on any atom is 0.322 e. The van der Waals surface area contributed by atoms with Crippen molar-refractivity contribution < 1.29 is 9.53 Å². The maximum absolute atomic E-state index is 12.6. The minimum absolute atomic E-state index is 0.126. The van der Waals surface area contributed by atoms with Gasteiger partial charge in [0.2, 0.25) is 0 Å². The molecule has 1 fully saturated rings. The summed E-state index contributed by atoms with van der Waals surface area (Å²) < 4.78 is 5.12. The molecule has 6 nitrogen and oxygen atoms in total. The van der Waals surface area contributed by atoms with Gasteiger partial charge in [0.15, 0.2) is 11.3 Å². The van der Waals surface area contributed by atoms with Crippen LogP contribution in [-0.2, 0) is 14.9 Å². The first-order valence-corrected chi connectivity index (χ1v) is 6.93. The monoisotopic (exact) mass is 304 g/mol. The highest BCUT2D eigenvalue weighted by Crippen LogP contribution is 2.51. The summed E-state index contributed by atoms with van der Waals surface area (Å²) in [5.41, 5.74) is -1.44. The number of hydrogen-bond donors (Lipinski definition) is 0. The van der Waals surface area contributed by atoms with Crippen molar-refractivity contribution in [3.05, 3.63) is 23.2 Å². The van der Waals surface area contributed by atoms with Crippen LogP contribution in [0.3, 0.4) is 0 Å². The van der Waals surface area contributed by atoms with Crippen LogP contribution in [0, 0.1) is 34.5 Å². The van der Waals surface area contributed by atoms with Crippen molar-refractivity contribution in [1.82, 2.24) is 9.97 Å². The zero-order valence-corrected chi connectivity index (χ0v) is 12.2. The first-order chi connectivity index (χ1) is 10.1. The van der Waals surface area contributed by atoms with Crippen LogP contribution in [0.5, 0.6) is 0 Å². The van der Waals surface area contributed by atoms with Crippen LogP contribution in [0.25, 0.3) is 0 Å². The van der Waals surface area contributed by atoms with Crippen molar-refractivity contribution in [2.75, 3.05) is 6.61 Å². The van der Waals surface area contributed by atoms with Gasteiger partial charge in [-0.1, -0.05) is 11.6 Å². The van der Waals surface area contributed by atoms with Crippen LogP contribution < -0.4 is 0 Å². The lowest BCUT2D eigenvalue weighted by atomic mass is 9.71. The zero-order chi connectivity index (χ0) is 15.5. The number of nitrogens with zero attached hydrogens (tertiary/aromatic N) is 4. The number of rotatable bonds is 5. The summed E-state index contributed by atoms with van der Waals surface area (Å²) in [6, 6.07) is 3.78. The van der Waals surface area contributed by atoms with Gasteiger partial charge in [-0.15, -0.1) is 0 Å². The molecule has 0 radical (unpaired) electrons. The van der Waals surface area contributed by atoms with Crippen LogP contribution >= 0.6 is 11.6 Å². The van der Waals surface area contributed by atoms with E-state index in [0.29, 0.717) is 5.02 Å². The molecule has 1 heterocycles. The molecule has 1 atom stereocenters. The van der Waals surface area contributed by atoms with Crippen molar-refractivity contribution in [2.24, 2.45) is 11.8 Å². The van der Waals surface area contributed by atoms with E-state index >= 15 is 0 Å². The number of aromatic nitrogens is 2. The van der Waals surface area contributed by atoms with E-state index in [1.54, 1.807) is 6.92 Å². The Morgan fingerprint density at radius 1 is 1.48 bits per heavy atom. The van der Waals surface area contributed by atoms with Gasteiger partial charge in [-0.25, -0.2) is 9.97 Å². The highest BCUT2D eigenvalue weighted by Gasteiger charge is 2.61. The molecular weight excluding hydrogens is 292 g/mol. The highest BCUT2D eigenvalue weighted by atomic mass is 35.5. The molecule has 0 N–H and O–H groups in total. The minimum Gasteiger partial charge on any atom is -0.465 e. The molecule has 1 aliphatic rings. The summed E-state index contributed by atoms with van der Waals surface area (Å²) >= 11 is 5.77. The van der Waals surface area contributed by atoms with Crippen molar-refractivity contribution in [2.45, 2.75) is 25.2 Å². The second-order valence-electron chi connectivity index (χ2n) is 4.78. The van der Waals surface area contributed by atoms with E-state index in [1.807, 2.05) is 12.1 Å². The van der Waals surface area contributed by atoms with Crippen LogP contribution in [0.15, 0.2) is 12.4 Å². The predicted octanol–water partition coefficient (Wildman–Crippen LogP) is 2.00. The van der Waals surface area contributed by atoms with Gasteiger partial charge in [0.05, 0.1) is 23.8 Å². The molecule has 108 valence electrons. The number of nitriles is 2. The van der Waals surface area contributed by atoms with Gasteiger partial charge in [0.1, 0.15) is 5.82 Å². The van der Waals surface area contributed by atoms with Gasteiger partial charge in [-0.2, -0.15) is 10.5 Å². The third kappa shape index (κ3) is 2.55. The van der Waals surface area contributed by atoms with Crippen LogP contribution in [0.2, 0.25) is 5.02 Å². The normalized spacial score (nSPS) is 16.6. The number of carbonyl (C=O) groups excluding carboxylic acids is 1. The Morgan fingerprint density at radius 2 is 2.05 bits per heavy atom. The van der Waals surface area contributed by atoms with E-state index < -0.39 is 17.3 Å². The Labute approximate surface area is 127 Å². The molecule has 0 amide bonds. The molecular formula is C14H13ClN4O2. The fourth-order valence-electron chi connectivity index (χ4n) is 2.47. The molecule has 1 aromatic heterocycles. The topological polar surface area (TPSA) is 99.7 Å². The van der Waals surface area contributed by atoms with Gasteiger partial charge < -0.3 is 4.74 Å². The molecule has 0 spiro atoms. The fraction of sp³-hybridized carbons (Fsp3) is 0.500. The average molecular weight is 305 g/mol. The van der Waals surface area contributed by atoms with Crippen molar-refractivity contribution in [3.63, 3.8) is 0 Å². The third-order valence-electron chi connectivity index (χ3n) is 3.54. The molecule has 0 aromatic carbocycles. The smallest absolute Gasteiger partial charge is 0.322 e. The SMILES string of the molecule is CCOC(=O)C(c1ncc(Cl)cn1)(C(C#N)C#N)C1CC1. The summed E-state index contributed by atoms with van der Waals surface area (Å²) in [6.07, 6.45) is 4.16. The van der Waals surface area contributed by atoms with E-state index in [9.17, 15) is 15.3 Å². The summed E-state index contributed by atoms with van der Waals surface area (Å²) in [7, 11) is 0. The average Bonchev–Trinajstić information content (AvgIpc) is 3.31. The standard InChI is InChI=1S/C14H13ClN4O2/c1-2-21-13(20)14(9-3-4-9,10(5-16)6-17)12-18-7-11(15)8-19-12/h7-10H,2-4H2,1H3. The molecule has 0 saturated heterocycles. The highest BCUT2D eigenvalue weighted by molar-refractivity contribution is 6.30. The number of esters is 1. The van der Waals surface area contributed by atoms with Gasteiger partial charge in [0, 0.05) is 12.4 Å². The van der Waals surface area contributed by atoms with Gasteiger partial charge >= 0.3 is 5.97 Å². The Bertz CT molecular complexity index is 601. The number of hydrogen-bond acceptors (Lipinski definition) is 6. The zero-order valence-electron chi connectivity index (χ0n) is 11.4. The maximum atomic E-state index is 12.6. The number of ether oxygens (including phenoxy) is 1. The molecule has 0 aliphatic heterocycles. The van der Waals surface area contributed by atoms with E-state index in [-0.39, 0.29) is 18.3 Å². The lowest BCUT2D eigenvalue weighted by Gasteiger charge is -2.30. The van der Waals surface area contributed by atoms with Crippen molar-refractivity contribution in [3.8, 4) is 12.1 Å². The second-order valence-corrected chi connectivity index (χ2v) is 5.22. The Hall–Kier alpha value is -2.18. The van der Waals surface area contributed by atoms with E-state index in [4.69, 9.17) is 16.3 Å². The molecule has 1 aliphatic carbocycles. The molecule has 21 heavy (non-hydrogen) atoms. The number of halogens is 1. The van der Waals surface area contributed by atoms with Crippen molar-refractivity contribution >= 4 is 17.6 Å². The van der Waals surface area contributed by atoms with Gasteiger partial charge in [0.25, 0.3) is 0 Å². The third-order valence-corrected chi connectivity index (χ3v) is 3.73. The van der Waals surface area contributed by atoms with E-state index in [2.05, 4.69) is 9.97 Å².